The summed E-state index contributed by atoms with van der Waals surface area (Å²) in [6.45, 7) is 5.42. The average Bonchev–Trinajstić information content (AvgIpc) is 2.14. The molecular formula is C9H17NO4S. The highest BCUT2D eigenvalue weighted by atomic mass is 32.2. The van der Waals surface area contributed by atoms with Gasteiger partial charge in [-0.2, -0.15) is 0 Å². The highest BCUT2D eigenvalue weighted by Crippen LogP contribution is 2.27. The van der Waals surface area contributed by atoms with E-state index in [1.165, 1.54) is 11.8 Å². The summed E-state index contributed by atoms with van der Waals surface area (Å²) < 4.78 is 4.03. The van der Waals surface area contributed by atoms with Crippen LogP contribution in [0.4, 0.5) is 0 Å². The van der Waals surface area contributed by atoms with Crippen LogP contribution >= 0.6 is 11.8 Å². The number of aliphatic carboxylic acids is 1. The van der Waals surface area contributed by atoms with Gasteiger partial charge in [0, 0.05) is 4.75 Å². The van der Waals surface area contributed by atoms with Crippen LogP contribution in [0.1, 0.15) is 20.8 Å². The minimum absolute atomic E-state index is 0.113. The Labute approximate surface area is 93.4 Å². The summed E-state index contributed by atoms with van der Waals surface area (Å²) in [5.41, 5.74) is 5.48. The lowest BCUT2D eigenvalue weighted by Gasteiger charge is -2.27. The molecule has 0 radical (unpaired) electrons. The van der Waals surface area contributed by atoms with Crippen LogP contribution in [0.2, 0.25) is 0 Å². The van der Waals surface area contributed by atoms with Crippen molar-refractivity contribution < 1.29 is 19.4 Å². The summed E-state index contributed by atoms with van der Waals surface area (Å²) in [6, 6.07) is -1.00. The number of thioether (sulfide) groups is 1. The number of ether oxygens (including phenoxy) is 1. The molecule has 0 rings (SSSR count). The van der Waals surface area contributed by atoms with Gasteiger partial charge in [-0.3, -0.25) is 9.59 Å². The third-order valence-corrected chi connectivity index (χ3v) is 3.26. The number of rotatable bonds is 6. The lowest BCUT2D eigenvalue weighted by atomic mass is 10.1. The Hall–Kier alpha value is -0.750. The number of nitrogens with two attached hydrogens (primary N) is 1. The molecule has 0 saturated carbocycles. The Morgan fingerprint density at radius 1 is 1.53 bits per heavy atom. The zero-order valence-corrected chi connectivity index (χ0v) is 9.97. The van der Waals surface area contributed by atoms with Crippen molar-refractivity contribution in [1.29, 1.82) is 0 Å². The topological polar surface area (TPSA) is 89.6 Å². The minimum Gasteiger partial charge on any atom is -0.480 e. The molecule has 1 atom stereocenters. The lowest BCUT2D eigenvalue weighted by molar-refractivity contribution is -0.140. The maximum absolute atomic E-state index is 11.1. The lowest BCUT2D eigenvalue weighted by Crippen LogP contribution is -2.47. The van der Waals surface area contributed by atoms with E-state index in [-0.39, 0.29) is 11.7 Å². The van der Waals surface area contributed by atoms with Gasteiger partial charge < -0.3 is 15.6 Å². The predicted octanol–water partition coefficient (Wildman–Crippen LogP) is 0.473. The highest BCUT2D eigenvalue weighted by molar-refractivity contribution is 8.01. The summed E-state index contributed by atoms with van der Waals surface area (Å²) in [5.74, 6) is -1.31. The minimum atomic E-state index is -1.07. The van der Waals surface area contributed by atoms with Crippen molar-refractivity contribution in [2.75, 3.05) is 12.4 Å². The number of carboxylic acid groups (broad SMARTS) is 1. The number of carbonyl (C=O) groups is 2. The predicted molar refractivity (Wildman–Crippen MR) is 58.8 cm³/mol. The van der Waals surface area contributed by atoms with E-state index in [9.17, 15) is 9.59 Å². The molecule has 0 fully saturated rings. The van der Waals surface area contributed by atoms with Crippen molar-refractivity contribution in [3.63, 3.8) is 0 Å². The Morgan fingerprint density at radius 2 is 2.07 bits per heavy atom. The molecule has 88 valence electrons. The molecule has 0 bridgehead atoms. The first-order chi connectivity index (χ1) is 6.81. The molecule has 0 aliphatic heterocycles. The van der Waals surface area contributed by atoms with Crippen LogP contribution in [0, 0.1) is 0 Å². The molecule has 0 aromatic carbocycles. The first-order valence-corrected chi connectivity index (χ1v) is 5.57. The number of esters is 1. The van der Waals surface area contributed by atoms with Gasteiger partial charge in [-0.05, 0) is 20.8 Å². The molecule has 0 aliphatic rings. The zero-order chi connectivity index (χ0) is 12.1. The Balaban J connectivity index is 4.14. The van der Waals surface area contributed by atoms with Crippen molar-refractivity contribution in [1.82, 2.24) is 0 Å². The van der Waals surface area contributed by atoms with Gasteiger partial charge in [0.05, 0.1) is 12.4 Å². The van der Waals surface area contributed by atoms with Crippen molar-refractivity contribution in [3.05, 3.63) is 0 Å². The molecule has 6 heteroatoms. The molecule has 0 spiro atoms. The summed E-state index contributed by atoms with van der Waals surface area (Å²) in [4.78, 5) is 21.7. The second kappa shape index (κ2) is 5.97. The van der Waals surface area contributed by atoms with Gasteiger partial charge in [-0.1, -0.05) is 0 Å². The number of carboxylic acids is 1. The van der Waals surface area contributed by atoms with Gasteiger partial charge in [-0.15, -0.1) is 11.8 Å². The molecule has 0 aliphatic carbocycles. The largest absolute Gasteiger partial charge is 0.480 e. The Bertz CT molecular complexity index is 242. The van der Waals surface area contributed by atoms with Crippen molar-refractivity contribution in [3.8, 4) is 0 Å². The summed E-state index contributed by atoms with van der Waals surface area (Å²) >= 11 is 1.18. The highest BCUT2D eigenvalue weighted by Gasteiger charge is 2.33. The first kappa shape index (κ1) is 14.2. The van der Waals surface area contributed by atoms with Gasteiger partial charge in [0.1, 0.15) is 6.04 Å². The molecule has 5 nitrogen and oxygen atoms in total. The van der Waals surface area contributed by atoms with E-state index in [0.29, 0.717) is 6.61 Å². The molecule has 0 heterocycles. The first-order valence-electron chi connectivity index (χ1n) is 4.59. The van der Waals surface area contributed by atoms with Crippen LogP contribution in [0.15, 0.2) is 0 Å². The normalized spacial score (nSPS) is 13.3. The Kier molecular flexibility index (Phi) is 5.67. The van der Waals surface area contributed by atoms with Crippen molar-refractivity contribution in [2.24, 2.45) is 5.73 Å². The maximum atomic E-state index is 11.1. The zero-order valence-electron chi connectivity index (χ0n) is 9.15. The van der Waals surface area contributed by atoms with Crippen LogP contribution in [0.5, 0.6) is 0 Å². The number of carbonyl (C=O) groups excluding carboxylic acids is 1. The van der Waals surface area contributed by atoms with Crippen LogP contribution in [-0.2, 0) is 14.3 Å². The monoisotopic (exact) mass is 235 g/mol. The second-order valence-electron chi connectivity index (χ2n) is 3.51. The molecule has 15 heavy (non-hydrogen) atoms. The number of hydrogen-bond donors (Lipinski definition) is 2. The summed E-state index contributed by atoms with van der Waals surface area (Å²) in [5, 5.41) is 8.73. The van der Waals surface area contributed by atoms with Gasteiger partial charge in [0.15, 0.2) is 0 Å². The molecule has 3 N–H and O–H groups in total. The van der Waals surface area contributed by atoms with Gasteiger partial charge >= 0.3 is 11.9 Å². The second-order valence-corrected chi connectivity index (χ2v) is 5.14. The van der Waals surface area contributed by atoms with Crippen molar-refractivity contribution in [2.45, 2.75) is 31.6 Å². The van der Waals surface area contributed by atoms with E-state index in [0.717, 1.165) is 0 Å². The summed E-state index contributed by atoms with van der Waals surface area (Å²) in [7, 11) is 0. The molecule has 0 aromatic rings. The fourth-order valence-corrected chi connectivity index (χ4v) is 1.69. The third-order valence-electron chi connectivity index (χ3n) is 1.88. The van der Waals surface area contributed by atoms with Crippen LogP contribution in [-0.4, -0.2) is 40.2 Å². The van der Waals surface area contributed by atoms with Crippen molar-refractivity contribution >= 4 is 23.7 Å². The fourth-order valence-electron chi connectivity index (χ4n) is 0.835. The number of hydrogen-bond acceptors (Lipinski definition) is 5. The van der Waals surface area contributed by atoms with Gasteiger partial charge in [0.2, 0.25) is 0 Å². The van der Waals surface area contributed by atoms with E-state index in [4.69, 9.17) is 15.6 Å². The average molecular weight is 235 g/mol. The van der Waals surface area contributed by atoms with Crippen LogP contribution in [0.25, 0.3) is 0 Å². The fraction of sp³-hybridized carbons (Fsp3) is 0.778. The van der Waals surface area contributed by atoms with Crippen LogP contribution < -0.4 is 5.73 Å². The maximum Gasteiger partial charge on any atom is 0.321 e. The van der Waals surface area contributed by atoms with Crippen LogP contribution in [0.3, 0.4) is 0 Å². The van der Waals surface area contributed by atoms with E-state index < -0.39 is 16.8 Å². The molecule has 0 amide bonds. The molecule has 0 saturated heterocycles. The SMILES string of the molecule is CCOC(=O)CSC(C)(C)[C@H](N)C(=O)O. The quantitative estimate of drug-likeness (QED) is 0.651. The van der Waals surface area contributed by atoms with E-state index >= 15 is 0 Å². The van der Waals surface area contributed by atoms with E-state index in [1.807, 2.05) is 0 Å². The molecule has 0 aromatic heterocycles. The van der Waals surface area contributed by atoms with Gasteiger partial charge in [0.25, 0.3) is 0 Å². The smallest absolute Gasteiger partial charge is 0.321 e. The van der Waals surface area contributed by atoms with E-state index in [1.54, 1.807) is 20.8 Å². The molecule has 0 unspecified atom stereocenters. The third kappa shape index (κ3) is 5.03. The van der Waals surface area contributed by atoms with Gasteiger partial charge in [-0.25, -0.2) is 0 Å². The Morgan fingerprint density at radius 3 is 2.47 bits per heavy atom. The van der Waals surface area contributed by atoms with E-state index in [2.05, 4.69) is 0 Å². The summed E-state index contributed by atoms with van der Waals surface area (Å²) in [6.07, 6.45) is 0. The standard InChI is InChI=1S/C9H17NO4S/c1-4-14-6(11)5-15-9(2,3)7(10)8(12)13/h7H,4-5,10H2,1-3H3,(H,12,13)/t7-/m1/s1. The molecular weight excluding hydrogens is 218 g/mol.